The van der Waals surface area contributed by atoms with Crippen LogP contribution in [-0.2, 0) is 23.9 Å². The van der Waals surface area contributed by atoms with E-state index in [1.807, 2.05) is 6.92 Å². The number of fused-ring (bicyclic) bond motifs is 1. The second-order valence-electron chi connectivity index (χ2n) is 9.29. The van der Waals surface area contributed by atoms with E-state index in [2.05, 4.69) is 25.7 Å². The predicted molar refractivity (Wildman–Crippen MR) is 143 cm³/mol. The molecule has 0 fully saturated rings. The molecule has 1 aromatic carbocycles. The van der Waals surface area contributed by atoms with Crippen molar-refractivity contribution in [1.29, 1.82) is 0 Å². The third-order valence-corrected chi connectivity index (χ3v) is 6.26. The minimum atomic E-state index is -5.04. The zero-order valence-corrected chi connectivity index (χ0v) is 22.7. The number of aromatic nitrogens is 5. The molecule has 3 heterocycles. The maximum Gasteiger partial charge on any atom is 0.435 e. The van der Waals surface area contributed by atoms with Gasteiger partial charge in [-0.2, -0.15) is 31.4 Å². The van der Waals surface area contributed by atoms with Gasteiger partial charge in [-0.3, -0.25) is 13.9 Å². The Hall–Kier alpha value is -4.22. The molecule has 0 aliphatic rings. The predicted octanol–water partition coefficient (Wildman–Crippen LogP) is 3.55. The van der Waals surface area contributed by atoms with Gasteiger partial charge in [0.05, 0.1) is 37.2 Å². The molecule has 0 radical (unpaired) electrons. The molecule has 4 aromatic rings. The summed E-state index contributed by atoms with van der Waals surface area (Å²) < 4.78 is 86.8. The Morgan fingerprint density at radius 1 is 1.16 bits per heavy atom. The number of aliphatic hydroxyl groups is 1. The first-order chi connectivity index (χ1) is 20.3. The van der Waals surface area contributed by atoms with E-state index >= 15 is 0 Å². The fourth-order valence-electron chi connectivity index (χ4n) is 4.24. The third-order valence-electron chi connectivity index (χ3n) is 6.26. The largest absolute Gasteiger partial charge is 0.435 e. The molecule has 11 nitrogen and oxygen atoms in total. The number of nitrogens with one attached hydrogen (secondary N) is 2. The summed E-state index contributed by atoms with van der Waals surface area (Å²) in [7, 11) is 0. The Kier molecular flexibility index (Phi) is 9.56. The van der Waals surface area contributed by atoms with E-state index in [9.17, 15) is 36.2 Å². The number of aliphatic hydroxyl groups excluding tert-OH is 1. The Balaban J connectivity index is 1.61. The van der Waals surface area contributed by atoms with Gasteiger partial charge in [0, 0.05) is 42.9 Å². The normalized spacial score (nSPS) is 13.0. The van der Waals surface area contributed by atoms with Crippen molar-refractivity contribution >= 4 is 23.1 Å². The van der Waals surface area contributed by atoms with Crippen LogP contribution < -0.4 is 16.4 Å². The van der Waals surface area contributed by atoms with Crippen LogP contribution in [0.5, 0.6) is 0 Å². The molecule has 43 heavy (non-hydrogen) atoms. The summed E-state index contributed by atoms with van der Waals surface area (Å²) in [5.74, 6) is -0.125. The monoisotopic (exact) mass is 614 g/mol. The minimum Gasteiger partial charge on any atom is -0.382 e. The van der Waals surface area contributed by atoms with Crippen LogP contribution in [0, 0.1) is 0 Å². The number of alkyl halides is 6. The zero-order valence-electron chi connectivity index (χ0n) is 22.7. The molecule has 0 saturated carbocycles. The fraction of sp³-hybridized carbons (Fsp3) is 0.385. The van der Waals surface area contributed by atoms with Gasteiger partial charge < -0.3 is 26.2 Å². The van der Waals surface area contributed by atoms with Crippen molar-refractivity contribution in [2.75, 3.05) is 31.6 Å². The number of carbonyl (C=O) groups is 1. The van der Waals surface area contributed by atoms with Gasteiger partial charge in [0.1, 0.15) is 0 Å². The Labute approximate surface area is 240 Å². The Morgan fingerprint density at radius 3 is 2.60 bits per heavy atom. The lowest BCUT2D eigenvalue weighted by Gasteiger charge is -2.14. The van der Waals surface area contributed by atoms with Crippen molar-refractivity contribution < 1.29 is 41.0 Å². The molecule has 1 atom stereocenters. The van der Waals surface area contributed by atoms with Crippen molar-refractivity contribution in [3.63, 3.8) is 0 Å². The van der Waals surface area contributed by atoms with Crippen LogP contribution in [0.25, 0.3) is 16.9 Å². The van der Waals surface area contributed by atoms with Crippen molar-refractivity contribution in [2.45, 2.75) is 38.3 Å². The Bertz CT molecular complexity index is 1570. The second-order valence-corrected chi connectivity index (χ2v) is 9.29. The summed E-state index contributed by atoms with van der Waals surface area (Å²) in [5.41, 5.74) is 5.07. The number of anilines is 2. The summed E-state index contributed by atoms with van der Waals surface area (Å²) in [4.78, 5) is 21.1. The molecular formula is C26H28F6N8O3. The van der Waals surface area contributed by atoms with Crippen molar-refractivity contribution in [1.82, 2.24) is 29.5 Å². The number of imidazole rings is 1. The topological polar surface area (TPSA) is 145 Å². The second kappa shape index (κ2) is 13.0. The number of benzene rings is 1. The van der Waals surface area contributed by atoms with E-state index in [-0.39, 0.29) is 23.1 Å². The molecule has 17 heteroatoms. The van der Waals surface area contributed by atoms with E-state index in [4.69, 9.17) is 10.5 Å². The number of nitrogens with zero attached hydrogens (tertiary/aromatic N) is 5. The molecular weight excluding hydrogens is 586 g/mol. The van der Waals surface area contributed by atoms with Crippen LogP contribution in [0.1, 0.15) is 28.5 Å². The van der Waals surface area contributed by atoms with Gasteiger partial charge in [0.25, 0.3) is 5.91 Å². The number of halogens is 6. The van der Waals surface area contributed by atoms with Gasteiger partial charge in [0.15, 0.2) is 23.3 Å². The number of amides is 1. The lowest BCUT2D eigenvalue weighted by Crippen LogP contribution is -2.33. The molecule has 4 rings (SSSR count). The number of hydrogen-bond donors (Lipinski definition) is 4. The molecule has 0 spiro atoms. The van der Waals surface area contributed by atoms with E-state index in [0.29, 0.717) is 54.2 Å². The molecule has 232 valence electrons. The number of ether oxygens (including phenoxy) is 1. The highest BCUT2D eigenvalue weighted by Crippen LogP contribution is 2.37. The van der Waals surface area contributed by atoms with Gasteiger partial charge >= 0.3 is 12.4 Å². The lowest BCUT2D eigenvalue weighted by atomic mass is 10.0. The lowest BCUT2D eigenvalue weighted by molar-refractivity contribution is -0.208. The van der Waals surface area contributed by atoms with Crippen LogP contribution in [0.2, 0.25) is 0 Å². The Morgan fingerprint density at radius 2 is 1.93 bits per heavy atom. The van der Waals surface area contributed by atoms with Crippen LogP contribution in [-0.4, -0.2) is 73.7 Å². The SMILES string of the molecule is CCc1cc(Nc2nccn3c(-c4cn(CC(O)C(F)(F)F)nc4C(F)(F)F)cnc23)ccc1C(=O)NCCOCCN. The number of carbonyl (C=O) groups excluding carboxylic acids is 1. The first kappa shape index (κ1) is 31.7. The van der Waals surface area contributed by atoms with E-state index in [0.717, 1.165) is 12.4 Å². The number of aryl methyl sites for hydroxylation is 1. The maximum absolute atomic E-state index is 13.8. The third kappa shape index (κ3) is 7.41. The standard InChI is InChI=1S/C26H28F6N8O3/c1-2-15-11-16(3-4-17(15)24(42)35-7-10-43-9-5-33)37-22-23-36-12-19(40(23)8-6-34-22)18-13-39(14-20(41)25(27,28)29)38-21(18)26(30,31)32/h3-4,6,8,11-13,20,41H,2,5,7,9-10,14,33H2,1H3,(H,34,37)(H,35,42). The number of nitrogens with two attached hydrogens (primary N) is 1. The highest BCUT2D eigenvalue weighted by molar-refractivity contribution is 5.96. The van der Waals surface area contributed by atoms with E-state index < -0.39 is 36.3 Å². The quantitative estimate of drug-likeness (QED) is 0.140. The van der Waals surface area contributed by atoms with Crippen LogP contribution in [0.15, 0.2) is 43.0 Å². The van der Waals surface area contributed by atoms with E-state index in [1.54, 1.807) is 18.2 Å². The summed E-state index contributed by atoms with van der Waals surface area (Å²) in [6.45, 7) is 2.01. The van der Waals surface area contributed by atoms with Gasteiger partial charge in [-0.1, -0.05) is 6.92 Å². The summed E-state index contributed by atoms with van der Waals surface area (Å²) >= 11 is 0. The smallest absolute Gasteiger partial charge is 0.382 e. The van der Waals surface area contributed by atoms with Crippen molar-refractivity contribution in [2.24, 2.45) is 5.73 Å². The van der Waals surface area contributed by atoms with Gasteiger partial charge in [0.2, 0.25) is 0 Å². The van der Waals surface area contributed by atoms with Crippen molar-refractivity contribution in [3.8, 4) is 11.3 Å². The molecule has 0 saturated heterocycles. The highest BCUT2D eigenvalue weighted by atomic mass is 19.4. The molecule has 1 amide bonds. The maximum atomic E-state index is 13.8. The zero-order chi connectivity index (χ0) is 31.4. The average Bonchev–Trinajstić information content (AvgIpc) is 3.57. The van der Waals surface area contributed by atoms with Gasteiger partial charge in [-0.05, 0) is 30.2 Å². The summed E-state index contributed by atoms with van der Waals surface area (Å²) in [5, 5.41) is 18.4. The average molecular weight is 615 g/mol. The molecule has 5 N–H and O–H groups in total. The highest BCUT2D eigenvalue weighted by Gasteiger charge is 2.41. The number of hydrogen-bond acceptors (Lipinski definition) is 8. The molecule has 0 bridgehead atoms. The van der Waals surface area contributed by atoms with E-state index in [1.165, 1.54) is 16.8 Å². The first-order valence-corrected chi connectivity index (χ1v) is 13.0. The first-order valence-electron chi connectivity index (χ1n) is 13.0. The van der Waals surface area contributed by atoms with Crippen molar-refractivity contribution in [3.05, 3.63) is 59.8 Å². The minimum absolute atomic E-state index is 0.114. The van der Waals surface area contributed by atoms with Gasteiger partial charge in [-0.25, -0.2) is 9.97 Å². The van der Waals surface area contributed by atoms with Crippen LogP contribution >= 0.6 is 0 Å². The molecule has 0 aliphatic heterocycles. The van der Waals surface area contributed by atoms with Crippen LogP contribution in [0.3, 0.4) is 0 Å². The van der Waals surface area contributed by atoms with Gasteiger partial charge in [-0.15, -0.1) is 0 Å². The fourth-order valence-corrected chi connectivity index (χ4v) is 4.24. The molecule has 0 aliphatic carbocycles. The number of rotatable bonds is 12. The summed E-state index contributed by atoms with van der Waals surface area (Å²) in [6.07, 6.45) is -7.92. The van der Waals surface area contributed by atoms with Crippen LogP contribution in [0.4, 0.5) is 37.8 Å². The molecule has 1 unspecified atom stereocenters. The molecule has 3 aromatic heterocycles. The summed E-state index contributed by atoms with van der Waals surface area (Å²) in [6, 6.07) is 4.98.